The van der Waals surface area contributed by atoms with E-state index in [4.69, 9.17) is 4.98 Å². The van der Waals surface area contributed by atoms with Crippen LogP contribution in [-0.2, 0) is 10.0 Å². The van der Waals surface area contributed by atoms with Gasteiger partial charge in [-0.15, -0.1) is 0 Å². The van der Waals surface area contributed by atoms with E-state index in [2.05, 4.69) is 41.0 Å². The quantitative estimate of drug-likeness (QED) is 0.431. The summed E-state index contributed by atoms with van der Waals surface area (Å²) in [7, 11) is -1.82. The molecule has 0 radical (unpaired) electrons. The first-order chi connectivity index (χ1) is 14.9. The summed E-state index contributed by atoms with van der Waals surface area (Å²) in [6.45, 7) is 0. The molecule has 1 saturated carbocycles. The molecule has 1 aliphatic rings. The summed E-state index contributed by atoms with van der Waals surface area (Å²) >= 11 is 3.50. The van der Waals surface area contributed by atoms with Gasteiger partial charge in [-0.1, -0.05) is 6.07 Å². The Bertz CT molecular complexity index is 1390. The number of aromatic nitrogens is 5. The fraction of sp³-hybridized carbons (Fsp3) is 0.300. The van der Waals surface area contributed by atoms with Gasteiger partial charge >= 0.3 is 0 Å². The van der Waals surface area contributed by atoms with Crippen LogP contribution in [0.1, 0.15) is 19.3 Å². The summed E-state index contributed by atoms with van der Waals surface area (Å²) in [6.07, 6.45) is 5.36. The Balaban J connectivity index is 1.47. The molecule has 31 heavy (non-hydrogen) atoms. The van der Waals surface area contributed by atoms with E-state index in [9.17, 15) is 8.42 Å². The first-order valence-electron chi connectivity index (χ1n) is 9.90. The molecule has 5 rings (SSSR count). The summed E-state index contributed by atoms with van der Waals surface area (Å²) < 4.78 is 29.0. The SMILES string of the molecule is CNS(=O)(=O)[C@H]1CC[C@@H](Nc2ncc3c(Br)nn(-c4ccc5ncccc5c4)c3n2)C1. The summed E-state index contributed by atoms with van der Waals surface area (Å²) in [5, 5.41) is 9.29. The summed E-state index contributed by atoms with van der Waals surface area (Å²) in [6, 6.07) is 9.82. The van der Waals surface area contributed by atoms with Crippen molar-refractivity contribution in [2.75, 3.05) is 12.4 Å². The fourth-order valence-corrected chi connectivity index (χ4v) is 5.72. The molecule has 1 aromatic carbocycles. The van der Waals surface area contributed by atoms with E-state index in [0.717, 1.165) is 28.4 Å². The Labute approximate surface area is 187 Å². The molecule has 0 unspecified atom stereocenters. The number of fused-ring (bicyclic) bond motifs is 2. The second kappa shape index (κ2) is 7.81. The second-order valence-corrected chi connectivity index (χ2v) is 10.5. The van der Waals surface area contributed by atoms with Crippen molar-refractivity contribution < 1.29 is 8.42 Å². The molecule has 160 valence electrons. The van der Waals surface area contributed by atoms with Crippen molar-refractivity contribution in [1.82, 2.24) is 29.5 Å². The average Bonchev–Trinajstić information content (AvgIpc) is 3.38. The lowest BCUT2D eigenvalue weighted by Crippen LogP contribution is -2.31. The van der Waals surface area contributed by atoms with Crippen molar-refractivity contribution in [2.45, 2.75) is 30.6 Å². The number of rotatable bonds is 5. The van der Waals surface area contributed by atoms with Crippen LogP contribution in [0.4, 0.5) is 5.95 Å². The molecule has 11 heteroatoms. The van der Waals surface area contributed by atoms with Gasteiger partial charge in [0, 0.05) is 23.8 Å². The Morgan fingerprint density at radius 3 is 2.90 bits per heavy atom. The fourth-order valence-electron chi connectivity index (χ4n) is 4.02. The predicted molar refractivity (Wildman–Crippen MR) is 123 cm³/mol. The smallest absolute Gasteiger partial charge is 0.224 e. The van der Waals surface area contributed by atoms with E-state index in [1.807, 2.05) is 30.3 Å². The van der Waals surface area contributed by atoms with Crippen LogP contribution in [0.3, 0.4) is 0 Å². The van der Waals surface area contributed by atoms with Gasteiger partial charge in [0.25, 0.3) is 0 Å². The van der Waals surface area contributed by atoms with Crippen molar-refractivity contribution in [2.24, 2.45) is 0 Å². The number of halogens is 1. The maximum absolute atomic E-state index is 12.1. The molecule has 2 N–H and O–H groups in total. The maximum Gasteiger partial charge on any atom is 0.224 e. The first kappa shape index (κ1) is 20.3. The maximum atomic E-state index is 12.1. The Morgan fingerprint density at radius 1 is 1.19 bits per heavy atom. The summed E-state index contributed by atoms with van der Waals surface area (Å²) in [5.74, 6) is 0.455. The van der Waals surface area contributed by atoms with E-state index in [1.165, 1.54) is 7.05 Å². The highest BCUT2D eigenvalue weighted by molar-refractivity contribution is 9.10. The number of anilines is 1. The van der Waals surface area contributed by atoms with Gasteiger partial charge in [0.15, 0.2) is 5.65 Å². The highest BCUT2D eigenvalue weighted by atomic mass is 79.9. The standard InChI is InChI=1S/C20H20BrN7O2S/c1-22-31(29,30)15-6-4-13(10-15)25-20-24-11-16-18(21)27-28(19(16)26-20)14-5-7-17-12(9-14)3-2-8-23-17/h2-3,5,7-9,11,13,15,22H,4,6,10H2,1H3,(H,24,25,26)/t13-,15+/m1/s1. The van der Waals surface area contributed by atoms with Crippen molar-refractivity contribution in [3.05, 3.63) is 47.3 Å². The van der Waals surface area contributed by atoms with E-state index >= 15 is 0 Å². The number of nitrogens with one attached hydrogen (secondary N) is 2. The number of sulfonamides is 1. The van der Waals surface area contributed by atoms with E-state index in [0.29, 0.717) is 29.0 Å². The molecule has 0 bridgehead atoms. The molecule has 0 aliphatic heterocycles. The summed E-state index contributed by atoms with van der Waals surface area (Å²) in [5.41, 5.74) is 2.43. The summed E-state index contributed by atoms with van der Waals surface area (Å²) in [4.78, 5) is 13.5. The van der Waals surface area contributed by atoms with Crippen LogP contribution in [0.25, 0.3) is 27.6 Å². The Hall–Kier alpha value is -2.63. The highest BCUT2D eigenvalue weighted by Crippen LogP contribution is 2.29. The molecule has 0 amide bonds. The number of hydrogen-bond donors (Lipinski definition) is 2. The van der Waals surface area contributed by atoms with Gasteiger partial charge in [-0.25, -0.2) is 22.8 Å². The normalized spacial score (nSPS) is 19.3. The minimum atomic E-state index is -3.27. The van der Waals surface area contributed by atoms with E-state index in [-0.39, 0.29) is 6.04 Å². The monoisotopic (exact) mass is 501 g/mol. The molecule has 4 aromatic rings. The van der Waals surface area contributed by atoms with Gasteiger partial charge in [0.2, 0.25) is 16.0 Å². The lowest BCUT2D eigenvalue weighted by molar-refractivity contribution is 0.570. The molecule has 1 aliphatic carbocycles. The number of hydrogen-bond acceptors (Lipinski definition) is 7. The minimum absolute atomic E-state index is 0.00266. The molecular formula is C20H20BrN7O2S. The van der Waals surface area contributed by atoms with E-state index < -0.39 is 15.3 Å². The van der Waals surface area contributed by atoms with E-state index in [1.54, 1.807) is 17.1 Å². The zero-order valence-corrected chi connectivity index (χ0v) is 19.1. The molecule has 0 spiro atoms. The van der Waals surface area contributed by atoms with Gasteiger partial charge in [0.1, 0.15) is 4.60 Å². The third-order valence-corrected chi connectivity index (χ3v) is 8.11. The third kappa shape index (κ3) is 3.77. The second-order valence-electron chi connectivity index (χ2n) is 7.54. The third-order valence-electron chi connectivity index (χ3n) is 5.65. The first-order valence-corrected chi connectivity index (χ1v) is 12.2. The molecule has 2 atom stereocenters. The average molecular weight is 502 g/mol. The van der Waals surface area contributed by atoms with Gasteiger partial charge in [-0.05, 0) is 66.5 Å². The number of nitrogens with zero attached hydrogens (tertiary/aromatic N) is 5. The van der Waals surface area contributed by atoms with Gasteiger partial charge in [-0.3, -0.25) is 4.98 Å². The lowest BCUT2D eigenvalue weighted by atomic mass is 10.2. The predicted octanol–water partition coefficient (Wildman–Crippen LogP) is 3.01. The van der Waals surface area contributed by atoms with Crippen molar-refractivity contribution >= 4 is 53.8 Å². The van der Waals surface area contributed by atoms with Crippen molar-refractivity contribution in [3.63, 3.8) is 0 Å². The van der Waals surface area contributed by atoms with Crippen LogP contribution >= 0.6 is 15.9 Å². The molecule has 3 heterocycles. The largest absolute Gasteiger partial charge is 0.351 e. The van der Waals surface area contributed by atoms with Crippen molar-refractivity contribution in [3.8, 4) is 5.69 Å². The van der Waals surface area contributed by atoms with Crippen molar-refractivity contribution in [1.29, 1.82) is 0 Å². The molecule has 9 nitrogen and oxygen atoms in total. The van der Waals surface area contributed by atoms with Crippen LogP contribution < -0.4 is 10.0 Å². The van der Waals surface area contributed by atoms with Crippen LogP contribution in [0.15, 0.2) is 47.3 Å². The van der Waals surface area contributed by atoms with Gasteiger partial charge in [-0.2, -0.15) is 10.1 Å². The van der Waals surface area contributed by atoms with Gasteiger partial charge < -0.3 is 5.32 Å². The van der Waals surface area contributed by atoms with Gasteiger partial charge in [0.05, 0.1) is 21.8 Å². The van der Waals surface area contributed by atoms with Crippen LogP contribution in [0.5, 0.6) is 0 Å². The van der Waals surface area contributed by atoms with Crippen LogP contribution in [0, 0.1) is 0 Å². The van der Waals surface area contributed by atoms with Crippen LogP contribution in [-0.4, -0.2) is 51.5 Å². The molecule has 1 fully saturated rings. The van der Waals surface area contributed by atoms with Crippen LogP contribution in [0.2, 0.25) is 0 Å². The number of pyridine rings is 1. The topological polar surface area (TPSA) is 115 Å². The lowest BCUT2D eigenvalue weighted by Gasteiger charge is -2.13. The Kier molecular flexibility index (Phi) is 5.11. The highest BCUT2D eigenvalue weighted by Gasteiger charge is 2.33. The zero-order valence-electron chi connectivity index (χ0n) is 16.7. The zero-order chi connectivity index (χ0) is 21.6. The number of benzene rings is 1. The minimum Gasteiger partial charge on any atom is -0.351 e. The molecular weight excluding hydrogens is 482 g/mol. The Morgan fingerprint density at radius 2 is 2.06 bits per heavy atom. The molecule has 3 aromatic heterocycles. The molecule has 0 saturated heterocycles.